The van der Waals surface area contributed by atoms with Crippen molar-refractivity contribution in [1.29, 1.82) is 0 Å². The lowest BCUT2D eigenvalue weighted by Crippen LogP contribution is -2.45. The standard InChI is InChI=1S/C23H30N4O7/c1-4-5-10-26-20(24)19(21(29)25-23(26)31)27(11-14(2)3)18(28)13-33-22(30)17-12-32-15-8-6-7-9-16(15)34-17/h6-9,14,17H,4-5,10-13,24H2,1-3H3,(H,25,29,31). The van der Waals surface area contributed by atoms with Gasteiger partial charge < -0.3 is 24.8 Å². The van der Waals surface area contributed by atoms with Crippen molar-refractivity contribution in [2.75, 3.05) is 30.4 Å². The highest BCUT2D eigenvalue weighted by Crippen LogP contribution is 2.31. The Labute approximate surface area is 196 Å². The van der Waals surface area contributed by atoms with E-state index in [1.807, 2.05) is 20.8 Å². The number of anilines is 2. The maximum absolute atomic E-state index is 13.1. The predicted molar refractivity (Wildman–Crippen MR) is 125 cm³/mol. The number of nitrogens with two attached hydrogens (primary N) is 1. The van der Waals surface area contributed by atoms with Crippen molar-refractivity contribution in [3.63, 3.8) is 0 Å². The average Bonchev–Trinajstić information content (AvgIpc) is 2.80. The second-order valence-corrected chi connectivity index (χ2v) is 8.37. The molecule has 184 valence electrons. The number of fused-ring (bicyclic) bond motifs is 1. The summed E-state index contributed by atoms with van der Waals surface area (Å²) < 4.78 is 17.5. The molecule has 3 N–H and O–H groups in total. The molecular formula is C23H30N4O7. The van der Waals surface area contributed by atoms with Crippen LogP contribution in [-0.4, -0.2) is 47.3 Å². The molecule has 1 aromatic carbocycles. The molecule has 2 heterocycles. The van der Waals surface area contributed by atoms with Crippen LogP contribution in [0.3, 0.4) is 0 Å². The summed E-state index contributed by atoms with van der Waals surface area (Å²) in [5.41, 5.74) is 4.60. The van der Waals surface area contributed by atoms with Gasteiger partial charge in [-0.1, -0.05) is 39.3 Å². The number of benzene rings is 1. The Morgan fingerprint density at radius 1 is 1.26 bits per heavy atom. The normalized spacial score (nSPS) is 14.6. The third-order valence-corrected chi connectivity index (χ3v) is 5.18. The van der Waals surface area contributed by atoms with Gasteiger partial charge in [-0.3, -0.25) is 19.1 Å². The highest BCUT2D eigenvalue weighted by Gasteiger charge is 2.31. The first-order valence-corrected chi connectivity index (χ1v) is 11.2. The van der Waals surface area contributed by atoms with Crippen LogP contribution < -0.4 is 31.4 Å². The molecule has 1 aromatic heterocycles. The van der Waals surface area contributed by atoms with Gasteiger partial charge in [0, 0.05) is 13.1 Å². The molecule has 34 heavy (non-hydrogen) atoms. The number of nitrogens with one attached hydrogen (secondary N) is 1. The Morgan fingerprint density at radius 3 is 2.65 bits per heavy atom. The minimum atomic E-state index is -1.04. The summed E-state index contributed by atoms with van der Waals surface area (Å²) in [5, 5.41) is 0. The molecule has 1 aliphatic heterocycles. The number of amides is 1. The average molecular weight is 475 g/mol. The number of hydrogen-bond acceptors (Lipinski definition) is 8. The van der Waals surface area contributed by atoms with Gasteiger partial charge in [0.1, 0.15) is 12.4 Å². The zero-order chi connectivity index (χ0) is 24.8. The Bertz CT molecular complexity index is 1150. The third-order valence-electron chi connectivity index (χ3n) is 5.18. The number of para-hydroxylation sites is 2. The second kappa shape index (κ2) is 10.9. The SMILES string of the molecule is CCCCn1c(N)c(N(CC(C)C)C(=O)COC(=O)C2COc3ccccc3O2)c(=O)[nH]c1=O. The molecule has 0 radical (unpaired) electrons. The first-order valence-electron chi connectivity index (χ1n) is 11.2. The summed E-state index contributed by atoms with van der Waals surface area (Å²) in [6, 6.07) is 6.89. The van der Waals surface area contributed by atoms with Crippen LogP contribution in [0.2, 0.25) is 0 Å². The van der Waals surface area contributed by atoms with Crippen molar-refractivity contribution < 1.29 is 23.8 Å². The Morgan fingerprint density at radius 2 is 1.97 bits per heavy atom. The van der Waals surface area contributed by atoms with Crippen LogP contribution in [0.5, 0.6) is 11.5 Å². The maximum Gasteiger partial charge on any atom is 0.351 e. The summed E-state index contributed by atoms with van der Waals surface area (Å²) in [5.74, 6) is -0.667. The van der Waals surface area contributed by atoms with Gasteiger partial charge >= 0.3 is 11.7 Å². The van der Waals surface area contributed by atoms with Crippen LogP contribution in [0.4, 0.5) is 11.5 Å². The van der Waals surface area contributed by atoms with Gasteiger partial charge in [0.25, 0.3) is 11.5 Å². The molecule has 1 unspecified atom stereocenters. The Kier molecular flexibility index (Phi) is 7.98. The fraction of sp³-hybridized carbons (Fsp3) is 0.478. The molecular weight excluding hydrogens is 444 g/mol. The van der Waals surface area contributed by atoms with E-state index in [0.29, 0.717) is 24.5 Å². The van der Waals surface area contributed by atoms with E-state index in [-0.39, 0.29) is 30.6 Å². The number of hydrogen-bond donors (Lipinski definition) is 2. The zero-order valence-electron chi connectivity index (χ0n) is 19.5. The lowest BCUT2D eigenvalue weighted by Gasteiger charge is -2.27. The van der Waals surface area contributed by atoms with E-state index in [1.165, 1.54) is 4.57 Å². The van der Waals surface area contributed by atoms with Crippen molar-refractivity contribution in [3.8, 4) is 11.5 Å². The molecule has 2 aromatic rings. The number of carbonyl (C=O) groups excluding carboxylic acids is 2. The second-order valence-electron chi connectivity index (χ2n) is 8.37. The van der Waals surface area contributed by atoms with Gasteiger partial charge in [0.05, 0.1) is 0 Å². The van der Waals surface area contributed by atoms with Gasteiger partial charge in [-0.25, -0.2) is 9.59 Å². The molecule has 11 nitrogen and oxygen atoms in total. The molecule has 0 saturated carbocycles. The summed E-state index contributed by atoms with van der Waals surface area (Å²) in [4.78, 5) is 53.8. The summed E-state index contributed by atoms with van der Waals surface area (Å²) >= 11 is 0. The monoisotopic (exact) mass is 474 g/mol. The quantitative estimate of drug-likeness (QED) is 0.517. The summed E-state index contributed by atoms with van der Waals surface area (Å²) in [6.07, 6.45) is 0.436. The van der Waals surface area contributed by atoms with Crippen LogP contribution in [0.15, 0.2) is 33.9 Å². The Balaban J connectivity index is 1.77. The zero-order valence-corrected chi connectivity index (χ0v) is 19.5. The van der Waals surface area contributed by atoms with Crippen molar-refractivity contribution >= 4 is 23.4 Å². The van der Waals surface area contributed by atoms with Gasteiger partial charge in [0.15, 0.2) is 23.8 Å². The molecule has 0 aliphatic carbocycles. The molecule has 0 bridgehead atoms. The number of H-pyrrole nitrogens is 1. The maximum atomic E-state index is 13.1. The number of esters is 1. The van der Waals surface area contributed by atoms with E-state index in [0.717, 1.165) is 11.3 Å². The third kappa shape index (κ3) is 5.59. The van der Waals surface area contributed by atoms with E-state index in [4.69, 9.17) is 19.9 Å². The predicted octanol–water partition coefficient (Wildman–Crippen LogP) is 1.29. The van der Waals surface area contributed by atoms with E-state index in [1.54, 1.807) is 24.3 Å². The van der Waals surface area contributed by atoms with Crippen LogP contribution in [0.25, 0.3) is 0 Å². The fourth-order valence-corrected chi connectivity index (χ4v) is 3.50. The number of carbonyl (C=O) groups is 2. The molecule has 11 heteroatoms. The number of ether oxygens (including phenoxy) is 3. The van der Waals surface area contributed by atoms with Crippen molar-refractivity contribution in [2.45, 2.75) is 46.3 Å². The van der Waals surface area contributed by atoms with Gasteiger partial charge in [-0.2, -0.15) is 0 Å². The Hall–Kier alpha value is -3.76. The lowest BCUT2D eigenvalue weighted by molar-refractivity contribution is -0.157. The molecule has 3 rings (SSSR count). The summed E-state index contributed by atoms with van der Waals surface area (Å²) in [6.45, 7) is 5.39. The van der Waals surface area contributed by atoms with Gasteiger partial charge in [-0.05, 0) is 24.5 Å². The van der Waals surface area contributed by atoms with E-state index >= 15 is 0 Å². The van der Waals surface area contributed by atoms with E-state index < -0.39 is 35.8 Å². The molecule has 0 saturated heterocycles. The lowest BCUT2D eigenvalue weighted by atomic mass is 10.2. The van der Waals surface area contributed by atoms with E-state index in [9.17, 15) is 19.2 Å². The first kappa shape index (κ1) is 24.9. The fourth-order valence-electron chi connectivity index (χ4n) is 3.50. The van der Waals surface area contributed by atoms with Crippen molar-refractivity contribution in [3.05, 3.63) is 45.1 Å². The molecule has 1 amide bonds. The number of aromatic nitrogens is 2. The molecule has 1 aliphatic rings. The van der Waals surface area contributed by atoms with Crippen molar-refractivity contribution in [2.24, 2.45) is 5.92 Å². The van der Waals surface area contributed by atoms with Crippen LogP contribution in [0, 0.1) is 5.92 Å². The molecule has 1 atom stereocenters. The summed E-state index contributed by atoms with van der Waals surface area (Å²) in [7, 11) is 0. The van der Waals surface area contributed by atoms with Crippen LogP contribution >= 0.6 is 0 Å². The minimum absolute atomic E-state index is 0.0407. The van der Waals surface area contributed by atoms with Crippen molar-refractivity contribution in [1.82, 2.24) is 9.55 Å². The van der Waals surface area contributed by atoms with E-state index in [2.05, 4.69) is 4.98 Å². The molecule has 0 fully saturated rings. The number of nitrogens with zero attached hydrogens (tertiary/aromatic N) is 2. The van der Waals surface area contributed by atoms with Crippen LogP contribution in [-0.2, 0) is 20.9 Å². The largest absolute Gasteiger partial charge is 0.485 e. The number of aromatic amines is 1. The number of rotatable bonds is 9. The van der Waals surface area contributed by atoms with Crippen LogP contribution in [0.1, 0.15) is 33.6 Å². The smallest absolute Gasteiger partial charge is 0.351 e. The van der Waals surface area contributed by atoms with Gasteiger partial charge in [0.2, 0.25) is 6.10 Å². The van der Waals surface area contributed by atoms with Gasteiger partial charge in [-0.15, -0.1) is 0 Å². The highest BCUT2D eigenvalue weighted by molar-refractivity contribution is 5.97. The number of unbranched alkanes of at least 4 members (excludes halogenated alkanes) is 1. The molecule has 0 spiro atoms. The minimum Gasteiger partial charge on any atom is -0.485 e. The highest BCUT2D eigenvalue weighted by atomic mass is 16.6. The topological polar surface area (TPSA) is 146 Å². The number of nitrogen functional groups attached to an aromatic ring is 1. The first-order chi connectivity index (χ1) is 16.2.